The predicted octanol–water partition coefficient (Wildman–Crippen LogP) is 3.85. The Labute approximate surface area is 112 Å². The lowest BCUT2D eigenvalue weighted by Gasteiger charge is -2.26. The van der Waals surface area contributed by atoms with Crippen LogP contribution < -0.4 is 11.5 Å². The van der Waals surface area contributed by atoms with Crippen LogP contribution in [0.25, 0.3) is 0 Å². The maximum absolute atomic E-state index is 6.41. The van der Waals surface area contributed by atoms with Crippen molar-refractivity contribution in [2.75, 3.05) is 0 Å². The summed E-state index contributed by atoms with van der Waals surface area (Å²) in [5.41, 5.74) is 15.5. The van der Waals surface area contributed by atoms with E-state index in [9.17, 15) is 0 Å². The molecule has 0 aromatic carbocycles. The summed E-state index contributed by atoms with van der Waals surface area (Å²) in [6.45, 7) is 0. The molecule has 0 heterocycles. The third kappa shape index (κ3) is 3.74. The van der Waals surface area contributed by atoms with Gasteiger partial charge in [-0.15, -0.1) is 0 Å². The first-order chi connectivity index (χ1) is 8.79. The van der Waals surface area contributed by atoms with Crippen LogP contribution in [-0.2, 0) is 0 Å². The Morgan fingerprint density at radius 3 is 2.17 bits per heavy atom. The normalized spacial score (nSPS) is 36.3. The van der Waals surface area contributed by atoms with Crippen LogP contribution >= 0.6 is 0 Å². The van der Waals surface area contributed by atoms with Crippen LogP contribution in [-0.4, -0.2) is 6.04 Å². The van der Waals surface area contributed by atoms with Gasteiger partial charge in [-0.25, -0.2) is 0 Å². The van der Waals surface area contributed by atoms with Crippen LogP contribution in [0.1, 0.15) is 77.0 Å². The molecule has 104 valence electrons. The molecule has 0 bridgehead atoms. The van der Waals surface area contributed by atoms with Gasteiger partial charge in [-0.2, -0.15) is 0 Å². The van der Waals surface area contributed by atoms with Crippen LogP contribution in [0.5, 0.6) is 0 Å². The summed E-state index contributed by atoms with van der Waals surface area (Å²) < 4.78 is 0. The summed E-state index contributed by atoms with van der Waals surface area (Å²) in [6.07, 6.45) is 15.5. The van der Waals surface area contributed by atoms with E-state index in [1.807, 2.05) is 0 Å². The molecule has 2 aliphatic rings. The Bertz CT molecular complexity index is 283. The number of hydrogen-bond donors (Lipinski definition) is 2. The largest absolute Gasteiger partial charge is 0.402 e. The van der Waals surface area contributed by atoms with Crippen LogP contribution in [0.3, 0.4) is 0 Å². The highest BCUT2D eigenvalue weighted by Crippen LogP contribution is 2.33. The quantitative estimate of drug-likeness (QED) is 0.694. The van der Waals surface area contributed by atoms with Crippen molar-refractivity contribution in [2.24, 2.45) is 17.4 Å². The Kier molecular flexibility index (Phi) is 5.55. The first-order valence-corrected chi connectivity index (χ1v) is 8.02. The van der Waals surface area contributed by atoms with Gasteiger partial charge in [0.1, 0.15) is 0 Å². The second-order valence-electron chi connectivity index (χ2n) is 6.23. The molecular weight excluding hydrogens is 220 g/mol. The monoisotopic (exact) mass is 250 g/mol. The molecule has 1 saturated carbocycles. The summed E-state index contributed by atoms with van der Waals surface area (Å²) in [5.74, 6) is 0.589. The molecule has 0 aromatic rings. The highest BCUT2D eigenvalue weighted by atomic mass is 14.7. The second-order valence-corrected chi connectivity index (χ2v) is 6.23. The van der Waals surface area contributed by atoms with Gasteiger partial charge >= 0.3 is 0 Å². The first kappa shape index (κ1) is 13.9. The number of hydrogen-bond acceptors (Lipinski definition) is 2. The molecule has 1 fully saturated rings. The molecule has 2 atom stereocenters. The fourth-order valence-corrected chi connectivity index (χ4v) is 3.67. The average molecular weight is 250 g/mol. The molecular formula is C16H30N2. The van der Waals surface area contributed by atoms with Gasteiger partial charge in [0.2, 0.25) is 0 Å². The van der Waals surface area contributed by atoms with Gasteiger partial charge in [0.05, 0.1) is 0 Å². The van der Waals surface area contributed by atoms with E-state index < -0.39 is 0 Å². The fourth-order valence-electron chi connectivity index (χ4n) is 3.67. The van der Waals surface area contributed by atoms with Crippen molar-refractivity contribution in [3.05, 3.63) is 11.3 Å². The zero-order chi connectivity index (χ0) is 12.8. The van der Waals surface area contributed by atoms with Crippen molar-refractivity contribution >= 4 is 0 Å². The second kappa shape index (κ2) is 7.18. The number of rotatable bonds is 1. The fraction of sp³-hybridized carbons (Fsp3) is 0.875. The summed E-state index contributed by atoms with van der Waals surface area (Å²) in [6, 6.07) is 0.363. The van der Waals surface area contributed by atoms with E-state index in [1.165, 1.54) is 76.3 Å². The zero-order valence-electron chi connectivity index (χ0n) is 11.8. The van der Waals surface area contributed by atoms with Crippen LogP contribution in [0.4, 0.5) is 0 Å². The van der Waals surface area contributed by atoms with Crippen molar-refractivity contribution in [1.29, 1.82) is 0 Å². The minimum absolute atomic E-state index is 0.363. The van der Waals surface area contributed by atoms with E-state index >= 15 is 0 Å². The van der Waals surface area contributed by atoms with Crippen LogP contribution in [0, 0.1) is 5.92 Å². The highest BCUT2D eigenvalue weighted by Gasteiger charge is 2.25. The molecule has 18 heavy (non-hydrogen) atoms. The predicted molar refractivity (Wildman–Crippen MR) is 78.1 cm³/mol. The van der Waals surface area contributed by atoms with Crippen molar-refractivity contribution in [3.63, 3.8) is 0 Å². The van der Waals surface area contributed by atoms with Gasteiger partial charge < -0.3 is 11.5 Å². The first-order valence-electron chi connectivity index (χ1n) is 8.02. The summed E-state index contributed by atoms with van der Waals surface area (Å²) in [5, 5.41) is 0. The van der Waals surface area contributed by atoms with Crippen LogP contribution in [0.2, 0.25) is 0 Å². The molecule has 4 N–H and O–H groups in total. The maximum Gasteiger partial charge on any atom is 0.0105 e. The molecule has 0 aliphatic heterocycles. The lowest BCUT2D eigenvalue weighted by Crippen LogP contribution is -2.31. The third-order valence-corrected chi connectivity index (χ3v) is 4.82. The Morgan fingerprint density at radius 1 is 0.722 bits per heavy atom. The molecule has 2 heteroatoms. The van der Waals surface area contributed by atoms with Crippen LogP contribution in [0.15, 0.2) is 11.3 Å². The number of nitrogens with two attached hydrogens (primary N) is 2. The molecule has 0 aromatic heterocycles. The van der Waals surface area contributed by atoms with E-state index in [1.54, 1.807) is 5.57 Å². The molecule has 0 saturated heterocycles. The molecule has 2 unspecified atom stereocenters. The Hall–Kier alpha value is -0.500. The summed E-state index contributed by atoms with van der Waals surface area (Å²) >= 11 is 0. The highest BCUT2D eigenvalue weighted by molar-refractivity contribution is 5.17. The van der Waals surface area contributed by atoms with E-state index in [0.29, 0.717) is 12.0 Å². The number of allylic oxidation sites excluding steroid dienone is 1. The molecule has 0 amide bonds. The van der Waals surface area contributed by atoms with E-state index in [0.717, 1.165) is 6.42 Å². The Morgan fingerprint density at radius 2 is 1.33 bits per heavy atom. The standard InChI is InChI=1S/C16H30N2/c17-15-11-7-3-1-2-5-9-13(15)14-10-6-4-8-12-16(14)18/h14,16H,1-12,17-18H2/b15-13-. The van der Waals surface area contributed by atoms with Gasteiger partial charge in [-0.1, -0.05) is 38.5 Å². The van der Waals surface area contributed by atoms with E-state index in [-0.39, 0.29) is 0 Å². The summed E-state index contributed by atoms with van der Waals surface area (Å²) in [7, 11) is 0. The third-order valence-electron chi connectivity index (χ3n) is 4.82. The van der Waals surface area contributed by atoms with E-state index in [4.69, 9.17) is 11.5 Å². The smallest absolute Gasteiger partial charge is 0.0105 e. The van der Waals surface area contributed by atoms with E-state index in [2.05, 4.69) is 0 Å². The van der Waals surface area contributed by atoms with Crippen molar-refractivity contribution in [2.45, 2.75) is 83.1 Å². The molecule has 0 spiro atoms. The SMILES string of the molecule is N/C1=C(\C2CCCCCC2N)CCCCCCC1. The lowest BCUT2D eigenvalue weighted by atomic mass is 9.83. The lowest BCUT2D eigenvalue weighted by molar-refractivity contribution is 0.433. The van der Waals surface area contributed by atoms with Gasteiger partial charge in [-0.3, -0.25) is 0 Å². The molecule has 2 rings (SSSR count). The van der Waals surface area contributed by atoms with Gasteiger partial charge in [0.25, 0.3) is 0 Å². The van der Waals surface area contributed by atoms with Gasteiger partial charge in [0, 0.05) is 11.7 Å². The Balaban J connectivity index is 2.11. The topological polar surface area (TPSA) is 52.0 Å². The molecule has 0 radical (unpaired) electrons. The summed E-state index contributed by atoms with van der Waals surface area (Å²) in [4.78, 5) is 0. The average Bonchev–Trinajstić information content (AvgIpc) is 2.50. The van der Waals surface area contributed by atoms with Crippen molar-refractivity contribution < 1.29 is 0 Å². The minimum atomic E-state index is 0.363. The van der Waals surface area contributed by atoms with Gasteiger partial charge in [0.15, 0.2) is 0 Å². The zero-order valence-corrected chi connectivity index (χ0v) is 11.8. The molecule has 2 aliphatic carbocycles. The van der Waals surface area contributed by atoms with Gasteiger partial charge in [-0.05, 0) is 50.0 Å². The minimum Gasteiger partial charge on any atom is -0.402 e. The van der Waals surface area contributed by atoms with Crippen molar-refractivity contribution in [1.82, 2.24) is 0 Å². The van der Waals surface area contributed by atoms with Crippen molar-refractivity contribution in [3.8, 4) is 0 Å². The molecule has 2 nitrogen and oxygen atoms in total. The maximum atomic E-state index is 6.41.